The number of aromatic nitrogens is 2. The molecule has 2 atom stereocenters. The SMILES string of the molecule is c1nc(N2CC3CC(C2)N3)ncc1C1CC1. The third kappa shape index (κ3) is 1.40. The molecule has 84 valence electrons. The molecular formula is C12H16N4. The summed E-state index contributed by atoms with van der Waals surface area (Å²) in [5, 5.41) is 3.52. The molecule has 1 saturated carbocycles. The van der Waals surface area contributed by atoms with Gasteiger partial charge in [0.15, 0.2) is 0 Å². The monoisotopic (exact) mass is 216 g/mol. The van der Waals surface area contributed by atoms with Crippen LogP contribution in [0.25, 0.3) is 0 Å². The van der Waals surface area contributed by atoms with Gasteiger partial charge in [0, 0.05) is 37.6 Å². The first kappa shape index (κ1) is 8.93. The molecule has 4 heteroatoms. The number of piperazine rings is 1. The standard InChI is InChI=1S/C12H16N4/c1-2-8(1)9-4-13-12(14-5-9)16-6-10-3-11(7-16)15-10/h4-5,8,10-11,15H,1-3,6-7H2. The van der Waals surface area contributed by atoms with Crippen LogP contribution in [0.15, 0.2) is 12.4 Å². The number of anilines is 1. The largest absolute Gasteiger partial charge is 0.338 e. The fourth-order valence-corrected chi connectivity index (χ4v) is 2.80. The molecule has 0 spiro atoms. The van der Waals surface area contributed by atoms with Gasteiger partial charge in [0.25, 0.3) is 0 Å². The van der Waals surface area contributed by atoms with Crippen molar-refractivity contribution in [1.82, 2.24) is 15.3 Å². The lowest BCUT2D eigenvalue weighted by molar-refractivity contribution is 0.224. The van der Waals surface area contributed by atoms with E-state index < -0.39 is 0 Å². The lowest BCUT2D eigenvalue weighted by Crippen LogP contribution is -2.67. The van der Waals surface area contributed by atoms with Gasteiger partial charge in [-0.25, -0.2) is 9.97 Å². The van der Waals surface area contributed by atoms with Gasteiger partial charge in [-0.05, 0) is 30.7 Å². The maximum atomic E-state index is 4.51. The van der Waals surface area contributed by atoms with Gasteiger partial charge >= 0.3 is 0 Å². The summed E-state index contributed by atoms with van der Waals surface area (Å²) in [6.45, 7) is 2.14. The maximum Gasteiger partial charge on any atom is 0.225 e. The van der Waals surface area contributed by atoms with Crippen molar-refractivity contribution in [3.05, 3.63) is 18.0 Å². The topological polar surface area (TPSA) is 41.1 Å². The molecular weight excluding hydrogens is 200 g/mol. The van der Waals surface area contributed by atoms with Crippen molar-refractivity contribution in [2.45, 2.75) is 37.3 Å². The zero-order valence-corrected chi connectivity index (χ0v) is 9.26. The average molecular weight is 216 g/mol. The first-order valence-electron chi connectivity index (χ1n) is 6.21. The van der Waals surface area contributed by atoms with Crippen LogP contribution in [0.5, 0.6) is 0 Å². The van der Waals surface area contributed by atoms with Crippen molar-refractivity contribution < 1.29 is 0 Å². The van der Waals surface area contributed by atoms with Gasteiger partial charge in [-0.15, -0.1) is 0 Å². The fraction of sp³-hybridized carbons (Fsp3) is 0.667. The summed E-state index contributed by atoms with van der Waals surface area (Å²) in [6, 6.07) is 1.34. The van der Waals surface area contributed by atoms with E-state index in [0.717, 1.165) is 25.0 Å². The van der Waals surface area contributed by atoms with Crippen LogP contribution in [0.3, 0.4) is 0 Å². The molecule has 1 N–H and O–H groups in total. The van der Waals surface area contributed by atoms with Crippen molar-refractivity contribution in [2.24, 2.45) is 0 Å². The smallest absolute Gasteiger partial charge is 0.225 e. The van der Waals surface area contributed by atoms with Crippen molar-refractivity contribution in [3.63, 3.8) is 0 Å². The molecule has 1 aromatic rings. The third-order valence-electron chi connectivity index (χ3n) is 3.91. The number of rotatable bonds is 2. The van der Waals surface area contributed by atoms with Gasteiger partial charge in [-0.1, -0.05) is 0 Å². The van der Waals surface area contributed by atoms with E-state index in [4.69, 9.17) is 0 Å². The lowest BCUT2D eigenvalue weighted by Gasteiger charge is -2.48. The average Bonchev–Trinajstić information content (AvgIpc) is 3.12. The molecule has 4 aliphatic rings. The summed E-state index contributed by atoms with van der Waals surface area (Å²) in [7, 11) is 0. The molecule has 4 nitrogen and oxygen atoms in total. The maximum absolute atomic E-state index is 4.51. The third-order valence-corrected chi connectivity index (χ3v) is 3.91. The lowest BCUT2D eigenvalue weighted by atomic mass is 9.92. The molecule has 4 fully saturated rings. The first-order valence-corrected chi connectivity index (χ1v) is 6.21. The second-order valence-electron chi connectivity index (χ2n) is 5.29. The van der Waals surface area contributed by atoms with Crippen LogP contribution in [-0.4, -0.2) is 35.1 Å². The number of piperidine rings is 1. The molecule has 0 amide bonds. The van der Waals surface area contributed by atoms with Gasteiger partial charge in [0.1, 0.15) is 0 Å². The van der Waals surface area contributed by atoms with Crippen molar-refractivity contribution in [3.8, 4) is 0 Å². The Bertz CT molecular complexity index is 382. The molecule has 3 aliphatic heterocycles. The summed E-state index contributed by atoms with van der Waals surface area (Å²) >= 11 is 0. The summed E-state index contributed by atoms with van der Waals surface area (Å²) in [5.41, 5.74) is 1.32. The quantitative estimate of drug-likeness (QED) is 0.797. The van der Waals surface area contributed by atoms with E-state index in [1.165, 1.54) is 24.8 Å². The van der Waals surface area contributed by atoms with Crippen molar-refractivity contribution in [2.75, 3.05) is 18.0 Å². The van der Waals surface area contributed by atoms with Crippen LogP contribution in [0.4, 0.5) is 5.95 Å². The van der Waals surface area contributed by atoms with E-state index in [1.807, 2.05) is 12.4 Å². The molecule has 0 radical (unpaired) electrons. The minimum absolute atomic E-state index is 0.672. The van der Waals surface area contributed by atoms with E-state index in [2.05, 4.69) is 20.2 Å². The Kier molecular flexibility index (Phi) is 1.77. The Balaban J connectivity index is 1.53. The van der Waals surface area contributed by atoms with Crippen LogP contribution in [0.2, 0.25) is 0 Å². The number of hydrogen-bond acceptors (Lipinski definition) is 4. The number of fused-ring (bicyclic) bond motifs is 2. The van der Waals surface area contributed by atoms with E-state index in [-0.39, 0.29) is 0 Å². The van der Waals surface area contributed by atoms with E-state index in [0.29, 0.717) is 12.1 Å². The highest BCUT2D eigenvalue weighted by molar-refractivity contribution is 5.35. The van der Waals surface area contributed by atoms with Crippen molar-refractivity contribution in [1.29, 1.82) is 0 Å². The highest BCUT2D eigenvalue weighted by atomic mass is 15.3. The predicted molar refractivity (Wildman–Crippen MR) is 61.5 cm³/mol. The predicted octanol–water partition coefficient (Wildman–Crippen LogP) is 0.904. The number of nitrogens with one attached hydrogen (secondary N) is 1. The van der Waals surface area contributed by atoms with Gasteiger partial charge in [0.05, 0.1) is 0 Å². The van der Waals surface area contributed by atoms with E-state index in [9.17, 15) is 0 Å². The van der Waals surface area contributed by atoms with Gasteiger partial charge in [0.2, 0.25) is 5.95 Å². The van der Waals surface area contributed by atoms with Crippen LogP contribution >= 0.6 is 0 Å². The Hall–Kier alpha value is -1.16. The molecule has 5 rings (SSSR count). The summed E-state index contributed by atoms with van der Waals surface area (Å²) in [4.78, 5) is 11.3. The van der Waals surface area contributed by atoms with Gasteiger partial charge in [-0.2, -0.15) is 0 Å². The van der Waals surface area contributed by atoms with Gasteiger partial charge < -0.3 is 10.2 Å². The normalized spacial score (nSPS) is 32.4. The van der Waals surface area contributed by atoms with Crippen LogP contribution in [0.1, 0.15) is 30.7 Å². The summed E-state index contributed by atoms with van der Waals surface area (Å²) < 4.78 is 0. The summed E-state index contributed by atoms with van der Waals surface area (Å²) in [5.74, 6) is 1.67. The Morgan fingerprint density at radius 1 is 1.12 bits per heavy atom. The molecule has 16 heavy (non-hydrogen) atoms. The second-order valence-corrected chi connectivity index (χ2v) is 5.29. The van der Waals surface area contributed by atoms with E-state index >= 15 is 0 Å². The Morgan fingerprint density at radius 3 is 2.31 bits per heavy atom. The molecule has 4 heterocycles. The fourth-order valence-electron chi connectivity index (χ4n) is 2.80. The zero-order valence-electron chi connectivity index (χ0n) is 9.26. The second kappa shape index (κ2) is 3.17. The molecule has 2 unspecified atom stereocenters. The molecule has 3 saturated heterocycles. The highest BCUT2D eigenvalue weighted by Gasteiger charge is 2.37. The summed E-state index contributed by atoms with van der Waals surface area (Å²) in [6.07, 6.45) is 8.01. The Labute approximate surface area is 95.1 Å². The van der Waals surface area contributed by atoms with Crippen LogP contribution in [0, 0.1) is 0 Å². The molecule has 1 aromatic heterocycles. The highest BCUT2D eigenvalue weighted by Crippen LogP contribution is 2.39. The molecule has 1 aliphatic carbocycles. The van der Waals surface area contributed by atoms with Gasteiger partial charge in [-0.3, -0.25) is 0 Å². The van der Waals surface area contributed by atoms with Crippen LogP contribution in [-0.2, 0) is 0 Å². The number of hydrogen-bond donors (Lipinski definition) is 1. The first-order chi connectivity index (χ1) is 7.88. The molecule has 2 bridgehead atoms. The van der Waals surface area contributed by atoms with Crippen molar-refractivity contribution >= 4 is 5.95 Å². The number of nitrogens with zero attached hydrogens (tertiary/aromatic N) is 3. The Morgan fingerprint density at radius 2 is 1.75 bits per heavy atom. The minimum atomic E-state index is 0.672. The zero-order chi connectivity index (χ0) is 10.5. The minimum Gasteiger partial charge on any atom is -0.338 e. The molecule has 0 aromatic carbocycles. The van der Waals surface area contributed by atoms with E-state index in [1.54, 1.807) is 0 Å². The van der Waals surface area contributed by atoms with Crippen LogP contribution < -0.4 is 10.2 Å².